The fraction of sp³-hybridized carbons (Fsp3) is 0.889. The molecule has 0 aromatic carbocycles. The highest BCUT2D eigenvalue weighted by molar-refractivity contribution is 4.92. The van der Waals surface area contributed by atoms with Gasteiger partial charge in [0, 0.05) is 13.1 Å². The zero-order chi connectivity index (χ0) is 9.54. The smallest absolute Gasteiger partial charge is 0.138 e. The average Bonchev–Trinajstić information content (AvgIpc) is 2.74. The van der Waals surface area contributed by atoms with Gasteiger partial charge in [0.1, 0.15) is 6.33 Å². The molecule has 5 nitrogen and oxygen atoms in total. The zero-order valence-corrected chi connectivity index (χ0v) is 8.37. The first-order chi connectivity index (χ1) is 6.83. The van der Waals surface area contributed by atoms with E-state index < -0.39 is 0 Å². The molecule has 1 aromatic rings. The Balaban J connectivity index is 1.73. The lowest BCUT2D eigenvalue weighted by molar-refractivity contribution is 0.340. The Hall–Kier alpha value is -0.970. The minimum absolute atomic E-state index is 0.550. The van der Waals surface area contributed by atoms with Crippen LogP contribution in [0.1, 0.15) is 18.9 Å². The van der Waals surface area contributed by atoms with E-state index in [9.17, 15) is 0 Å². The van der Waals surface area contributed by atoms with E-state index in [-0.39, 0.29) is 0 Å². The third-order valence-electron chi connectivity index (χ3n) is 3.65. The summed E-state index contributed by atoms with van der Waals surface area (Å²) in [7, 11) is 2.21. The molecule has 1 aliphatic carbocycles. The minimum Gasteiger partial charge on any atom is -0.306 e. The first-order valence-corrected chi connectivity index (χ1v) is 5.24. The van der Waals surface area contributed by atoms with Crippen LogP contribution in [-0.4, -0.2) is 45.2 Å². The summed E-state index contributed by atoms with van der Waals surface area (Å²) in [6.07, 6.45) is 4.25. The van der Waals surface area contributed by atoms with Crippen molar-refractivity contribution in [2.75, 3.05) is 20.1 Å². The molecule has 0 spiro atoms. The quantitative estimate of drug-likeness (QED) is 0.638. The molecule has 1 saturated heterocycles. The highest BCUT2D eigenvalue weighted by Gasteiger charge is 2.40. The first kappa shape index (κ1) is 8.35. The van der Waals surface area contributed by atoms with Crippen molar-refractivity contribution in [1.82, 2.24) is 25.1 Å². The minimum atomic E-state index is 0.550. The summed E-state index contributed by atoms with van der Waals surface area (Å²) >= 11 is 0. The lowest BCUT2D eigenvalue weighted by Gasteiger charge is -2.13. The first-order valence-electron chi connectivity index (χ1n) is 5.24. The molecular weight excluding hydrogens is 178 g/mol. The van der Waals surface area contributed by atoms with Gasteiger partial charge in [0.15, 0.2) is 0 Å². The second kappa shape index (κ2) is 3.02. The Morgan fingerprint density at radius 1 is 1.21 bits per heavy atom. The molecule has 0 N–H and O–H groups in total. The normalized spacial score (nSPS) is 37.6. The Morgan fingerprint density at radius 3 is 2.50 bits per heavy atom. The van der Waals surface area contributed by atoms with Gasteiger partial charge in [-0.2, -0.15) is 0 Å². The highest BCUT2D eigenvalue weighted by Crippen LogP contribution is 2.42. The summed E-state index contributed by atoms with van der Waals surface area (Å²) in [6.45, 7) is 2.51. The number of rotatable bonds is 1. The van der Waals surface area contributed by atoms with Gasteiger partial charge in [-0.3, -0.25) is 0 Å². The van der Waals surface area contributed by atoms with Crippen molar-refractivity contribution in [2.45, 2.75) is 18.9 Å². The molecule has 2 fully saturated rings. The van der Waals surface area contributed by atoms with E-state index in [0.29, 0.717) is 6.04 Å². The zero-order valence-electron chi connectivity index (χ0n) is 8.37. The van der Waals surface area contributed by atoms with E-state index in [1.807, 2.05) is 4.68 Å². The van der Waals surface area contributed by atoms with Crippen molar-refractivity contribution in [2.24, 2.45) is 11.8 Å². The van der Waals surface area contributed by atoms with Crippen molar-refractivity contribution in [3.8, 4) is 0 Å². The van der Waals surface area contributed by atoms with E-state index in [1.165, 1.54) is 25.9 Å². The number of fused-ring (bicyclic) bond motifs is 1. The van der Waals surface area contributed by atoms with Crippen molar-refractivity contribution < 1.29 is 0 Å². The predicted molar refractivity (Wildman–Crippen MR) is 50.6 cm³/mol. The maximum absolute atomic E-state index is 3.99. The van der Waals surface area contributed by atoms with Crippen LogP contribution < -0.4 is 0 Å². The van der Waals surface area contributed by atoms with Crippen molar-refractivity contribution in [3.63, 3.8) is 0 Å². The molecule has 3 rings (SSSR count). The summed E-state index contributed by atoms with van der Waals surface area (Å²) < 4.78 is 1.93. The van der Waals surface area contributed by atoms with Gasteiger partial charge < -0.3 is 4.90 Å². The van der Waals surface area contributed by atoms with Gasteiger partial charge in [0.2, 0.25) is 0 Å². The van der Waals surface area contributed by atoms with Crippen molar-refractivity contribution in [3.05, 3.63) is 6.33 Å². The maximum Gasteiger partial charge on any atom is 0.138 e. The molecule has 14 heavy (non-hydrogen) atoms. The van der Waals surface area contributed by atoms with Crippen LogP contribution in [0.15, 0.2) is 6.33 Å². The molecule has 0 amide bonds. The van der Waals surface area contributed by atoms with E-state index in [1.54, 1.807) is 6.33 Å². The molecule has 2 atom stereocenters. The van der Waals surface area contributed by atoms with Gasteiger partial charge in [0.05, 0.1) is 6.04 Å². The Morgan fingerprint density at radius 2 is 1.93 bits per heavy atom. The van der Waals surface area contributed by atoms with E-state index in [2.05, 4.69) is 27.5 Å². The largest absolute Gasteiger partial charge is 0.306 e. The monoisotopic (exact) mass is 193 g/mol. The fourth-order valence-corrected chi connectivity index (χ4v) is 3.05. The van der Waals surface area contributed by atoms with Crippen LogP contribution >= 0.6 is 0 Å². The van der Waals surface area contributed by atoms with Gasteiger partial charge in [0.25, 0.3) is 0 Å². The average molecular weight is 193 g/mol. The number of nitrogens with zero attached hydrogens (tertiary/aromatic N) is 5. The molecule has 1 saturated carbocycles. The summed E-state index contributed by atoms with van der Waals surface area (Å²) in [6, 6.07) is 0.550. The van der Waals surface area contributed by atoms with Gasteiger partial charge >= 0.3 is 0 Å². The fourth-order valence-electron chi connectivity index (χ4n) is 3.05. The van der Waals surface area contributed by atoms with Gasteiger partial charge in [-0.25, -0.2) is 4.68 Å². The van der Waals surface area contributed by atoms with Crippen molar-refractivity contribution >= 4 is 0 Å². The SMILES string of the molecule is CN1CC2CC(n3cnnn3)CC2C1. The number of hydrogen-bond donors (Lipinski definition) is 0. The van der Waals surface area contributed by atoms with Gasteiger partial charge in [-0.05, 0) is 42.2 Å². The van der Waals surface area contributed by atoms with Crippen LogP contribution in [0.2, 0.25) is 0 Å². The third kappa shape index (κ3) is 1.23. The van der Waals surface area contributed by atoms with Crippen LogP contribution in [-0.2, 0) is 0 Å². The van der Waals surface area contributed by atoms with Gasteiger partial charge in [-0.1, -0.05) is 0 Å². The summed E-state index contributed by atoms with van der Waals surface area (Å²) in [4.78, 5) is 2.44. The highest BCUT2D eigenvalue weighted by atomic mass is 15.5. The molecule has 0 bridgehead atoms. The predicted octanol–water partition coefficient (Wildman–Crippen LogP) is 0.186. The topological polar surface area (TPSA) is 46.8 Å². The molecule has 0 radical (unpaired) electrons. The summed E-state index contributed by atoms with van der Waals surface area (Å²) in [5.74, 6) is 1.74. The molecule has 2 aliphatic rings. The lowest BCUT2D eigenvalue weighted by atomic mass is 10.0. The van der Waals surface area contributed by atoms with E-state index >= 15 is 0 Å². The summed E-state index contributed by atoms with van der Waals surface area (Å²) in [5, 5.41) is 11.4. The van der Waals surface area contributed by atoms with Crippen LogP contribution in [0, 0.1) is 11.8 Å². The Kier molecular flexibility index (Phi) is 1.80. The number of hydrogen-bond acceptors (Lipinski definition) is 4. The molecule has 1 aromatic heterocycles. The lowest BCUT2D eigenvalue weighted by Crippen LogP contribution is -2.17. The summed E-state index contributed by atoms with van der Waals surface area (Å²) in [5.41, 5.74) is 0. The van der Waals surface area contributed by atoms with Crippen molar-refractivity contribution in [1.29, 1.82) is 0 Å². The number of likely N-dealkylation sites (tertiary alicyclic amines) is 1. The second-order valence-corrected chi connectivity index (χ2v) is 4.66. The van der Waals surface area contributed by atoms with Crippen LogP contribution in [0.5, 0.6) is 0 Å². The number of tetrazole rings is 1. The van der Waals surface area contributed by atoms with E-state index in [0.717, 1.165) is 11.8 Å². The molecule has 1 aliphatic heterocycles. The van der Waals surface area contributed by atoms with E-state index in [4.69, 9.17) is 0 Å². The Labute approximate surface area is 83.1 Å². The van der Waals surface area contributed by atoms with Gasteiger partial charge in [-0.15, -0.1) is 5.10 Å². The van der Waals surface area contributed by atoms with Crippen LogP contribution in [0.4, 0.5) is 0 Å². The maximum atomic E-state index is 3.99. The molecule has 2 unspecified atom stereocenters. The Bertz CT molecular complexity index is 295. The molecule has 2 heterocycles. The van der Waals surface area contributed by atoms with Crippen LogP contribution in [0.3, 0.4) is 0 Å². The third-order valence-corrected chi connectivity index (χ3v) is 3.65. The molecule has 5 heteroatoms. The number of aromatic nitrogens is 4. The molecule has 76 valence electrons. The molecular formula is C9H15N5. The standard InChI is InChI=1S/C9H15N5/c1-13-4-7-2-9(3-8(7)5-13)14-6-10-11-12-14/h6-9H,2-5H2,1H3. The van der Waals surface area contributed by atoms with Crippen LogP contribution in [0.25, 0.3) is 0 Å². The second-order valence-electron chi connectivity index (χ2n) is 4.66.